The number of thiophene rings is 1. The zero-order valence-corrected chi connectivity index (χ0v) is 9.14. The van der Waals surface area contributed by atoms with Gasteiger partial charge in [0.1, 0.15) is 0 Å². The average Bonchev–Trinajstić information content (AvgIpc) is 2.28. The van der Waals surface area contributed by atoms with E-state index in [-0.39, 0.29) is 10.3 Å². The van der Waals surface area contributed by atoms with Crippen LogP contribution in [0.1, 0.15) is 37.4 Å². The SMILES string of the molecule is CC(C)(C)c1ccc(C(C)(F)F)s1. The van der Waals surface area contributed by atoms with Crippen molar-refractivity contribution in [3.05, 3.63) is 21.9 Å². The van der Waals surface area contributed by atoms with Gasteiger partial charge in [-0.15, -0.1) is 11.3 Å². The van der Waals surface area contributed by atoms with E-state index in [2.05, 4.69) is 0 Å². The Labute approximate surface area is 81.6 Å². The molecule has 0 unspecified atom stereocenters. The molecule has 0 saturated heterocycles. The second kappa shape index (κ2) is 3.05. The second-order valence-corrected chi connectivity index (χ2v) is 5.39. The van der Waals surface area contributed by atoms with Gasteiger partial charge in [-0.3, -0.25) is 0 Å². The molecule has 0 N–H and O–H groups in total. The molecule has 1 aromatic heterocycles. The van der Waals surface area contributed by atoms with Crippen LogP contribution in [0.3, 0.4) is 0 Å². The number of hydrogen-bond donors (Lipinski definition) is 0. The highest BCUT2D eigenvalue weighted by Gasteiger charge is 2.28. The van der Waals surface area contributed by atoms with Crippen molar-refractivity contribution in [2.45, 2.75) is 39.0 Å². The molecule has 74 valence electrons. The number of hydrogen-bond acceptors (Lipinski definition) is 1. The Morgan fingerprint density at radius 3 is 1.69 bits per heavy atom. The van der Waals surface area contributed by atoms with Crippen molar-refractivity contribution in [1.29, 1.82) is 0 Å². The van der Waals surface area contributed by atoms with Gasteiger partial charge in [-0.05, 0) is 17.5 Å². The largest absolute Gasteiger partial charge is 0.279 e. The summed E-state index contributed by atoms with van der Waals surface area (Å²) < 4.78 is 25.7. The van der Waals surface area contributed by atoms with E-state index in [1.165, 1.54) is 17.4 Å². The van der Waals surface area contributed by atoms with E-state index in [1.54, 1.807) is 6.07 Å². The molecule has 13 heavy (non-hydrogen) atoms. The fraction of sp³-hybridized carbons (Fsp3) is 0.600. The topological polar surface area (TPSA) is 0 Å². The van der Waals surface area contributed by atoms with Gasteiger partial charge >= 0.3 is 0 Å². The minimum Gasteiger partial charge on any atom is -0.201 e. The maximum Gasteiger partial charge on any atom is 0.279 e. The van der Waals surface area contributed by atoms with E-state index >= 15 is 0 Å². The van der Waals surface area contributed by atoms with E-state index in [0.717, 1.165) is 11.8 Å². The summed E-state index contributed by atoms with van der Waals surface area (Å²) in [5.41, 5.74) is -0.0336. The molecule has 0 aromatic carbocycles. The molecule has 0 amide bonds. The third kappa shape index (κ3) is 2.50. The van der Waals surface area contributed by atoms with Gasteiger partial charge in [-0.25, -0.2) is 8.78 Å². The van der Waals surface area contributed by atoms with E-state index in [9.17, 15) is 8.78 Å². The first kappa shape index (κ1) is 10.6. The summed E-state index contributed by atoms with van der Waals surface area (Å²) in [4.78, 5) is 1.15. The maximum absolute atomic E-state index is 12.9. The molecule has 0 radical (unpaired) electrons. The lowest BCUT2D eigenvalue weighted by atomic mass is 9.95. The first-order valence-corrected chi connectivity index (χ1v) is 5.01. The quantitative estimate of drug-likeness (QED) is 0.644. The number of halogens is 2. The Balaban J connectivity index is 3.01. The zero-order chi connectivity index (χ0) is 10.3. The lowest BCUT2D eigenvalue weighted by Crippen LogP contribution is -2.08. The summed E-state index contributed by atoms with van der Waals surface area (Å²) in [7, 11) is 0. The summed E-state index contributed by atoms with van der Waals surface area (Å²) in [5, 5.41) is 0. The monoisotopic (exact) mass is 204 g/mol. The van der Waals surface area contributed by atoms with Gasteiger partial charge in [0, 0.05) is 11.8 Å². The van der Waals surface area contributed by atoms with Crippen LogP contribution in [0.25, 0.3) is 0 Å². The molecule has 0 atom stereocenters. The molecule has 0 aliphatic rings. The Kier molecular flexibility index (Phi) is 2.50. The van der Waals surface area contributed by atoms with Crippen LogP contribution in [-0.2, 0) is 11.3 Å². The first-order chi connectivity index (χ1) is 5.71. The van der Waals surface area contributed by atoms with Crippen molar-refractivity contribution >= 4 is 11.3 Å². The first-order valence-electron chi connectivity index (χ1n) is 4.20. The van der Waals surface area contributed by atoms with Crippen LogP contribution in [0.4, 0.5) is 8.78 Å². The van der Waals surface area contributed by atoms with Gasteiger partial charge in [0.05, 0.1) is 4.88 Å². The fourth-order valence-electron chi connectivity index (χ4n) is 0.977. The van der Waals surface area contributed by atoms with Gasteiger partial charge < -0.3 is 0 Å². The molecular formula is C10H14F2S. The summed E-state index contributed by atoms with van der Waals surface area (Å²) in [6.07, 6.45) is 0. The van der Waals surface area contributed by atoms with Crippen LogP contribution in [0, 0.1) is 0 Å². The van der Waals surface area contributed by atoms with Crippen LogP contribution in [0.15, 0.2) is 12.1 Å². The molecule has 1 aromatic rings. The van der Waals surface area contributed by atoms with Crippen LogP contribution in [0.5, 0.6) is 0 Å². The van der Waals surface area contributed by atoms with Crippen molar-refractivity contribution in [1.82, 2.24) is 0 Å². The smallest absolute Gasteiger partial charge is 0.201 e. The van der Waals surface area contributed by atoms with Crippen LogP contribution in [0.2, 0.25) is 0 Å². The van der Waals surface area contributed by atoms with Crippen molar-refractivity contribution in [3.63, 3.8) is 0 Å². The van der Waals surface area contributed by atoms with E-state index < -0.39 is 5.92 Å². The van der Waals surface area contributed by atoms with Crippen molar-refractivity contribution < 1.29 is 8.78 Å². The predicted octanol–water partition coefficient (Wildman–Crippen LogP) is 4.16. The van der Waals surface area contributed by atoms with E-state index in [0.29, 0.717) is 0 Å². The van der Waals surface area contributed by atoms with Gasteiger partial charge in [0.2, 0.25) is 0 Å². The third-order valence-electron chi connectivity index (χ3n) is 1.78. The molecule has 1 rings (SSSR count). The highest BCUT2D eigenvalue weighted by molar-refractivity contribution is 7.12. The highest BCUT2D eigenvalue weighted by atomic mass is 32.1. The molecular weight excluding hydrogens is 190 g/mol. The summed E-state index contributed by atoms with van der Waals surface area (Å²) in [5.74, 6) is -2.70. The van der Waals surface area contributed by atoms with Gasteiger partial charge in [-0.2, -0.15) is 0 Å². The van der Waals surface area contributed by atoms with E-state index in [4.69, 9.17) is 0 Å². The lowest BCUT2D eigenvalue weighted by molar-refractivity contribution is 0.0215. The van der Waals surface area contributed by atoms with Crippen LogP contribution < -0.4 is 0 Å². The molecule has 0 aliphatic heterocycles. The Hall–Kier alpha value is -0.440. The number of rotatable bonds is 1. The zero-order valence-electron chi connectivity index (χ0n) is 8.32. The minimum atomic E-state index is -2.70. The third-order valence-corrected chi connectivity index (χ3v) is 3.46. The molecule has 0 saturated carbocycles. The standard InChI is InChI=1S/C10H14F2S/c1-9(2,3)7-5-6-8(13-7)10(4,11)12/h5-6H,1-4H3. The molecule has 1 heterocycles. The highest BCUT2D eigenvalue weighted by Crippen LogP contribution is 2.37. The van der Waals surface area contributed by atoms with Gasteiger partial charge in [-0.1, -0.05) is 20.8 Å². The predicted molar refractivity (Wildman–Crippen MR) is 52.6 cm³/mol. The number of alkyl halides is 2. The van der Waals surface area contributed by atoms with Crippen molar-refractivity contribution in [2.24, 2.45) is 0 Å². The molecule has 0 spiro atoms. The molecule has 0 aliphatic carbocycles. The Bertz CT molecular complexity index is 260. The summed E-state index contributed by atoms with van der Waals surface area (Å²) in [6.45, 7) is 7.01. The lowest BCUT2D eigenvalue weighted by Gasteiger charge is -2.15. The maximum atomic E-state index is 12.9. The summed E-state index contributed by atoms with van der Waals surface area (Å²) in [6, 6.07) is 3.31. The van der Waals surface area contributed by atoms with Crippen molar-refractivity contribution in [2.75, 3.05) is 0 Å². The molecule has 0 bridgehead atoms. The minimum absolute atomic E-state index is 0.0336. The summed E-state index contributed by atoms with van der Waals surface area (Å²) >= 11 is 1.20. The van der Waals surface area contributed by atoms with E-state index in [1.807, 2.05) is 20.8 Å². The van der Waals surface area contributed by atoms with Crippen molar-refractivity contribution in [3.8, 4) is 0 Å². The molecule has 3 heteroatoms. The van der Waals surface area contributed by atoms with Gasteiger partial charge in [0.25, 0.3) is 5.92 Å². The molecule has 0 nitrogen and oxygen atoms in total. The van der Waals surface area contributed by atoms with Gasteiger partial charge in [0.15, 0.2) is 0 Å². The Morgan fingerprint density at radius 2 is 1.46 bits per heavy atom. The van der Waals surface area contributed by atoms with Crippen LogP contribution >= 0.6 is 11.3 Å². The molecule has 0 fully saturated rings. The normalized spacial score (nSPS) is 13.4. The Morgan fingerprint density at radius 1 is 1.00 bits per heavy atom. The van der Waals surface area contributed by atoms with Crippen LogP contribution in [-0.4, -0.2) is 0 Å². The fourth-order valence-corrected chi connectivity index (χ4v) is 1.97. The second-order valence-electron chi connectivity index (χ2n) is 4.30. The average molecular weight is 204 g/mol.